The van der Waals surface area contributed by atoms with Gasteiger partial charge >= 0.3 is 0 Å². The summed E-state index contributed by atoms with van der Waals surface area (Å²) in [6.45, 7) is 0. The van der Waals surface area contributed by atoms with Crippen LogP contribution in [0, 0.1) is 0 Å². The summed E-state index contributed by atoms with van der Waals surface area (Å²) < 4.78 is 0. The molecule has 2 nitrogen and oxygen atoms in total. The summed E-state index contributed by atoms with van der Waals surface area (Å²) in [6, 6.07) is 5.66. The number of rotatable bonds is 2. The van der Waals surface area contributed by atoms with Crippen molar-refractivity contribution in [3.63, 3.8) is 0 Å². The number of hydrogen-bond acceptors (Lipinski definition) is 2. The lowest BCUT2D eigenvalue weighted by Gasteiger charge is -2.12. The highest BCUT2D eigenvalue weighted by Crippen LogP contribution is 2.32. The van der Waals surface area contributed by atoms with E-state index < -0.39 is 0 Å². The zero-order valence-corrected chi connectivity index (χ0v) is 7.66. The molecule has 0 bridgehead atoms. The summed E-state index contributed by atoms with van der Waals surface area (Å²) in [5, 5.41) is 3.67. The molecule has 1 aromatic rings. The van der Waals surface area contributed by atoms with E-state index in [4.69, 9.17) is 0 Å². The second-order valence-corrected chi connectivity index (χ2v) is 4.07. The minimum atomic E-state index is 0.594. The van der Waals surface area contributed by atoms with E-state index in [0.29, 0.717) is 6.04 Å². The van der Waals surface area contributed by atoms with Gasteiger partial charge in [-0.25, -0.2) is 0 Å². The van der Waals surface area contributed by atoms with Gasteiger partial charge in [0.15, 0.2) is 0 Å². The van der Waals surface area contributed by atoms with Crippen LogP contribution in [0.1, 0.15) is 36.6 Å². The normalized spacial score (nSPS) is 26.0. The van der Waals surface area contributed by atoms with E-state index in [0.717, 1.165) is 12.5 Å². The standard InChI is InChI=1S/C11H14N2/c1-2-9-10(12-7-1)5-6-11(9)13-8-3-4-8/h1-2,7-8,11,13H,3-6H2. The highest BCUT2D eigenvalue weighted by atomic mass is 15.0. The molecule has 0 amide bonds. The Balaban J connectivity index is 1.84. The summed E-state index contributed by atoms with van der Waals surface area (Å²) >= 11 is 0. The SMILES string of the molecule is c1cnc2c(c1)C(NC1CC1)CC2. The van der Waals surface area contributed by atoms with Gasteiger partial charge in [0.25, 0.3) is 0 Å². The van der Waals surface area contributed by atoms with Crippen LogP contribution in [-0.4, -0.2) is 11.0 Å². The molecule has 0 saturated heterocycles. The molecule has 0 spiro atoms. The third-order valence-electron chi connectivity index (χ3n) is 2.98. The third-order valence-corrected chi connectivity index (χ3v) is 2.98. The van der Waals surface area contributed by atoms with Gasteiger partial charge in [0.2, 0.25) is 0 Å². The molecule has 68 valence electrons. The second-order valence-electron chi connectivity index (χ2n) is 4.07. The van der Waals surface area contributed by atoms with E-state index >= 15 is 0 Å². The Bertz CT molecular complexity index is 318. The molecule has 0 aromatic carbocycles. The van der Waals surface area contributed by atoms with Crippen molar-refractivity contribution in [1.29, 1.82) is 0 Å². The Morgan fingerprint density at radius 3 is 3.08 bits per heavy atom. The highest BCUT2D eigenvalue weighted by Gasteiger charge is 2.29. The van der Waals surface area contributed by atoms with Gasteiger partial charge in [0.1, 0.15) is 0 Å². The number of nitrogens with zero attached hydrogens (tertiary/aromatic N) is 1. The van der Waals surface area contributed by atoms with Gasteiger partial charge < -0.3 is 5.32 Å². The Morgan fingerprint density at radius 2 is 2.23 bits per heavy atom. The van der Waals surface area contributed by atoms with Crippen molar-refractivity contribution in [3.05, 3.63) is 29.6 Å². The van der Waals surface area contributed by atoms with E-state index in [-0.39, 0.29) is 0 Å². The molecule has 3 rings (SSSR count). The number of aryl methyl sites for hydroxylation is 1. The van der Waals surface area contributed by atoms with Crippen LogP contribution in [0.5, 0.6) is 0 Å². The van der Waals surface area contributed by atoms with Crippen LogP contribution in [0.2, 0.25) is 0 Å². The molecule has 1 heterocycles. The topological polar surface area (TPSA) is 24.9 Å². The monoisotopic (exact) mass is 174 g/mol. The molecule has 2 heteroatoms. The molecule has 2 aliphatic rings. The fourth-order valence-electron chi connectivity index (χ4n) is 2.12. The van der Waals surface area contributed by atoms with Crippen LogP contribution in [0.3, 0.4) is 0 Å². The van der Waals surface area contributed by atoms with Gasteiger partial charge in [-0.3, -0.25) is 4.98 Å². The molecule has 1 aromatic heterocycles. The zero-order chi connectivity index (χ0) is 8.67. The lowest BCUT2D eigenvalue weighted by Crippen LogP contribution is -2.21. The van der Waals surface area contributed by atoms with Crippen LogP contribution >= 0.6 is 0 Å². The van der Waals surface area contributed by atoms with Crippen molar-refractivity contribution >= 4 is 0 Å². The van der Waals surface area contributed by atoms with E-state index in [1.54, 1.807) is 0 Å². The summed E-state index contributed by atoms with van der Waals surface area (Å²) in [5.41, 5.74) is 2.75. The van der Waals surface area contributed by atoms with Gasteiger partial charge in [-0.05, 0) is 37.3 Å². The van der Waals surface area contributed by atoms with Crippen molar-refractivity contribution in [3.8, 4) is 0 Å². The maximum Gasteiger partial charge on any atom is 0.0452 e. The number of pyridine rings is 1. The molecule has 1 unspecified atom stereocenters. The number of aromatic nitrogens is 1. The minimum Gasteiger partial charge on any atom is -0.307 e. The van der Waals surface area contributed by atoms with Crippen molar-refractivity contribution in [2.45, 2.75) is 37.8 Å². The largest absolute Gasteiger partial charge is 0.307 e. The Hall–Kier alpha value is -0.890. The first-order valence-electron chi connectivity index (χ1n) is 5.13. The van der Waals surface area contributed by atoms with E-state index in [2.05, 4.69) is 16.4 Å². The van der Waals surface area contributed by atoms with E-state index in [9.17, 15) is 0 Å². The highest BCUT2D eigenvalue weighted by molar-refractivity contribution is 5.28. The molecule has 1 saturated carbocycles. The predicted molar refractivity (Wildman–Crippen MR) is 51.5 cm³/mol. The Morgan fingerprint density at radius 1 is 1.31 bits per heavy atom. The van der Waals surface area contributed by atoms with Crippen LogP contribution in [0.15, 0.2) is 18.3 Å². The lowest BCUT2D eigenvalue weighted by molar-refractivity contribution is 0.527. The van der Waals surface area contributed by atoms with Crippen LogP contribution in [-0.2, 0) is 6.42 Å². The second kappa shape index (κ2) is 2.81. The summed E-state index contributed by atoms with van der Waals surface area (Å²) in [4.78, 5) is 4.40. The van der Waals surface area contributed by atoms with Crippen molar-refractivity contribution in [1.82, 2.24) is 10.3 Å². The summed E-state index contributed by atoms with van der Waals surface area (Å²) in [6.07, 6.45) is 7.03. The molecule has 13 heavy (non-hydrogen) atoms. The molecule has 1 N–H and O–H groups in total. The van der Waals surface area contributed by atoms with Gasteiger partial charge in [0.05, 0.1) is 0 Å². The number of nitrogens with one attached hydrogen (secondary N) is 1. The maximum absolute atomic E-state index is 4.40. The van der Waals surface area contributed by atoms with Crippen LogP contribution < -0.4 is 5.32 Å². The molecular formula is C11H14N2. The molecule has 1 fully saturated rings. The van der Waals surface area contributed by atoms with Gasteiger partial charge in [-0.15, -0.1) is 0 Å². The maximum atomic E-state index is 4.40. The molecule has 0 aliphatic heterocycles. The summed E-state index contributed by atoms with van der Waals surface area (Å²) in [5.74, 6) is 0. The predicted octanol–water partition coefficient (Wildman–Crippen LogP) is 1.82. The van der Waals surface area contributed by atoms with Gasteiger partial charge in [-0.1, -0.05) is 6.07 Å². The smallest absolute Gasteiger partial charge is 0.0452 e. The van der Waals surface area contributed by atoms with Crippen molar-refractivity contribution < 1.29 is 0 Å². The van der Waals surface area contributed by atoms with Crippen molar-refractivity contribution in [2.75, 3.05) is 0 Å². The first-order valence-corrected chi connectivity index (χ1v) is 5.13. The molecule has 0 radical (unpaired) electrons. The van der Waals surface area contributed by atoms with Crippen LogP contribution in [0.4, 0.5) is 0 Å². The number of hydrogen-bond donors (Lipinski definition) is 1. The van der Waals surface area contributed by atoms with Crippen LogP contribution in [0.25, 0.3) is 0 Å². The fraction of sp³-hybridized carbons (Fsp3) is 0.545. The minimum absolute atomic E-state index is 0.594. The number of fused-ring (bicyclic) bond motifs is 1. The Labute approximate surface area is 78.4 Å². The molecule has 2 aliphatic carbocycles. The zero-order valence-electron chi connectivity index (χ0n) is 7.66. The van der Waals surface area contributed by atoms with E-state index in [1.807, 2.05) is 12.3 Å². The first kappa shape index (κ1) is 7.51. The van der Waals surface area contributed by atoms with E-state index in [1.165, 1.54) is 30.5 Å². The third kappa shape index (κ3) is 1.35. The quantitative estimate of drug-likeness (QED) is 0.739. The Kier molecular flexibility index (Phi) is 1.62. The molecule has 1 atom stereocenters. The molecular weight excluding hydrogens is 160 g/mol. The fourth-order valence-corrected chi connectivity index (χ4v) is 2.12. The average Bonchev–Trinajstić information content (AvgIpc) is 2.88. The van der Waals surface area contributed by atoms with Gasteiger partial charge in [-0.2, -0.15) is 0 Å². The lowest BCUT2D eigenvalue weighted by atomic mass is 10.1. The summed E-state index contributed by atoms with van der Waals surface area (Å²) in [7, 11) is 0. The van der Waals surface area contributed by atoms with Crippen molar-refractivity contribution in [2.24, 2.45) is 0 Å². The first-order chi connectivity index (χ1) is 6.43. The average molecular weight is 174 g/mol. The van der Waals surface area contributed by atoms with Gasteiger partial charge in [0, 0.05) is 24.0 Å².